The molecule has 0 bridgehead atoms. The molecule has 27 heavy (non-hydrogen) atoms. The summed E-state index contributed by atoms with van der Waals surface area (Å²) in [5.74, 6) is 1.19. The predicted octanol–water partition coefficient (Wildman–Crippen LogP) is 3.32. The first-order valence-electron chi connectivity index (χ1n) is 9.03. The molecule has 6 nitrogen and oxygen atoms in total. The van der Waals surface area contributed by atoms with Crippen LogP contribution in [0.2, 0.25) is 0 Å². The summed E-state index contributed by atoms with van der Waals surface area (Å²) in [6.45, 7) is 1.23. The zero-order valence-electron chi connectivity index (χ0n) is 15.5. The number of hydrogen-bond donors (Lipinski definition) is 0. The lowest BCUT2D eigenvalue weighted by atomic mass is 10.1. The standard InChI is InChI=1S/C21H22N4O2/c1-24(2)18-10-6-9-16(11-18)21-22-20(23-27-21)17-12-19(26)25(14-17)13-15-7-4-3-5-8-15/h3-11,17H,12-14H2,1-2H3. The average molecular weight is 362 g/mol. The molecule has 0 N–H and O–H groups in total. The van der Waals surface area contributed by atoms with Gasteiger partial charge in [0.25, 0.3) is 5.89 Å². The number of anilines is 1. The van der Waals surface area contributed by atoms with E-state index in [1.54, 1.807) is 0 Å². The highest BCUT2D eigenvalue weighted by Crippen LogP contribution is 2.30. The minimum absolute atomic E-state index is 0.0317. The van der Waals surface area contributed by atoms with Crippen LogP contribution in [0.5, 0.6) is 0 Å². The van der Waals surface area contributed by atoms with E-state index in [9.17, 15) is 4.79 Å². The second kappa shape index (κ2) is 7.23. The van der Waals surface area contributed by atoms with Crippen molar-refractivity contribution in [1.82, 2.24) is 15.0 Å². The van der Waals surface area contributed by atoms with Gasteiger partial charge < -0.3 is 14.3 Å². The third-order valence-corrected chi connectivity index (χ3v) is 4.85. The fraction of sp³-hybridized carbons (Fsp3) is 0.286. The summed E-state index contributed by atoms with van der Waals surface area (Å²) in [7, 11) is 3.98. The lowest BCUT2D eigenvalue weighted by molar-refractivity contribution is -0.128. The van der Waals surface area contributed by atoms with Crippen LogP contribution in [-0.4, -0.2) is 41.6 Å². The van der Waals surface area contributed by atoms with Crippen LogP contribution in [0, 0.1) is 0 Å². The number of rotatable bonds is 5. The normalized spacial score (nSPS) is 16.7. The molecular formula is C21H22N4O2. The summed E-state index contributed by atoms with van der Waals surface area (Å²) < 4.78 is 5.48. The van der Waals surface area contributed by atoms with E-state index < -0.39 is 0 Å². The van der Waals surface area contributed by atoms with Crippen molar-refractivity contribution >= 4 is 11.6 Å². The molecule has 1 aliphatic rings. The van der Waals surface area contributed by atoms with Crippen LogP contribution in [0.3, 0.4) is 0 Å². The van der Waals surface area contributed by atoms with Crippen LogP contribution in [0.25, 0.3) is 11.5 Å². The summed E-state index contributed by atoms with van der Waals surface area (Å²) in [5.41, 5.74) is 3.07. The van der Waals surface area contributed by atoms with E-state index in [0.717, 1.165) is 16.8 Å². The SMILES string of the molecule is CN(C)c1cccc(-c2nc(C3CC(=O)N(Cc4ccccc4)C3)no2)c1. The Hall–Kier alpha value is -3.15. The molecule has 1 saturated heterocycles. The molecule has 1 fully saturated rings. The number of carbonyl (C=O) groups excluding carboxylic acids is 1. The van der Waals surface area contributed by atoms with Crippen molar-refractivity contribution in [2.75, 3.05) is 25.5 Å². The fourth-order valence-corrected chi connectivity index (χ4v) is 3.34. The Balaban J connectivity index is 1.49. The highest BCUT2D eigenvalue weighted by molar-refractivity contribution is 5.79. The van der Waals surface area contributed by atoms with Gasteiger partial charge in [0.15, 0.2) is 5.82 Å². The van der Waals surface area contributed by atoms with Gasteiger partial charge in [-0.05, 0) is 23.8 Å². The molecule has 1 aromatic heterocycles. The smallest absolute Gasteiger partial charge is 0.258 e. The molecule has 0 spiro atoms. The van der Waals surface area contributed by atoms with Crippen LogP contribution in [-0.2, 0) is 11.3 Å². The molecule has 0 aliphatic carbocycles. The summed E-state index contributed by atoms with van der Waals surface area (Å²) in [5, 5.41) is 4.15. The first kappa shape index (κ1) is 17.3. The zero-order valence-corrected chi connectivity index (χ0v) is 15.5. The van der Waals surface area contributed by atoms with Crippen molar-refractivity contribution in [1.29, 1.82) is 0 Å². The molecule has 1 unspecified atom stereocenters. The van der Waals surface area contributed by atoms with Crippen molar-refractivity contribution in [3.05, 3.63) is 66.0 Å². The number of likely N-dealkylation sites (tertiary alicyclic amines) is 1. The van der Waals surface area contributed by atoms with E-state index in [1.165, 1.54) is 0 Å². The Labute approximate surface area is 158 Å². The summed E-state index contributed by atoms with van der Waals surface area (Å²) >= 11 is 0. The largest absolute Gasteiger partial charge is 0.378 e. The number of amides is 1. The average Bonchev–Trinajstić information content (AvgIpc) is 3.30. The maximum atomic E-state index is 12.4. The van der Waals surface area contributed by atoms with E-state index >= 15 is 0 Å². The van der Waals surface area contributed by atoms with Gasteiger partial charge in [-0.3, -0.25) is 4.79 Å². The number of nitrogens with zero attached hydrogens (tertiary/aromatic N) is 4. The minimum atomic E-state index is -0.0317. The molecule has 1 aliphatic heterocycles. The van der Waals surface area contributed by atoms with E-state index in [2.05, 4.69) is 10.1 Å². The van der Waals surface area contributed by atoms with Crippen LogP contribution in [0.1, 0.15) is 23.7 Å². The number of hydrogen-bond acceptors (Lipinski definition) is 5. The Bertz CT molecular complexity index is 936. The summed E-state index contributed by atoms with van der Waals surface area (Å²) in [6, 6.07) is 18.0. The van der Waals surface area contributed by atoms with Gasteiger partial charge in [0.05, 0.1) is 0 Å². The Kier molecular flexibility index (Phi) is 4.62. The molecular weight excluding hydrogens is 340 g/mol. The van der Waals surface area contributed by atoms with Gasteiger partial charge in [0.1, 0.15) is 0 Å². The van der Waals surface area contributed by atoms with Crippen LogP contribution in [0.4, 0.5) is 5.69 Å². The van der Waals surface area contributed by atoms with E-state index in [-0.39, 0.29) is 11.8 Å². The van der Waals surface area contributed by atoms with E-state index in [1.807, 2.05) is 78.5 Å². The fourth-order valence-electron chi connectivity index (χ4n) is 3.34. The van der Waals surface area contributed by atoms with Gasteiger partial charge in [-0.2, -0.15) is 4.98 Å². The first-order chi connectivity index (χ1) is 13.1. The minimum Gasteiger partial charge on any atom is -0.378 e. The molecule has 4 rings (SSSR count). The molecule has 0 saturated carbocycles. The Morgan fingerprint density at radius 2 is 1.96 bits per heavy atom. The van der Waals surface area contributed by atoms with Crippen molar-refractivity contribution in [2.24, 2.45) is 0 Å². The van der Waals surface area contributed by atoms with Crippen molar-refractivity contribution in [3.63, 3.8) is 0 Å². The second-order valence-corrected chi connectivity index (χ2v) is 7.06. The van der Waals surface area contributed by atoms with Gasteiger partial charge in [0.2, 0.25) is 5.91 Å². The highest BCUT2D eigenvalue weighted by Gasteiger charge is 2.33. The summed E-state index contributed by atoms with van der Waals surface area (Å²) in [6.07, 6.45) is 0.420. The maximum absolute atomic E-state index is 12.4. The first-order valence-corrected chi connectivity index (χ1v) is 9.03. The number of benzene rings is 2. The highest BCUT2D eigenvalue weighted by atomic mass is 16.5. The monoisotopic (exact) mass is 362 g/mol. The molecule has 2 heterocycles. The van der Waals surface area contributed by atoms with Crippen LogP contribution < -0.4 is 4.90 Å². The van der Waals surface area contributed by atoms with Crippen LogP contribution >= 0.6 is 0 Å². The molecule has 0 radical (unpaired) electrons. The van der Waals surface area contributed by atoms with Crippen molar-refractivity contribution in [2.45, 2.75) is 18.9 Å². The van der Waals surface area contributed by atoms with Gasteiger partial charge in [0, 0.05) is 50.8 Å². The van der Waals surface area contributed by atoms with E-state index in [0.29, 0.717) is 31.2 Å². The topological polar surface area (TPSA) is 62.5 Å². The zero-order chi connectivity index (χ0) is 18.8. The Morgan fingerprint density at radius 1 is 1.15 bits per heavy atom. The van der Waals surface area contributed by atoms with Crippen LogP contribution in [0.15, 0.2) is 59.1 Å². The molecule has 2 aromatic carbocycles. The third kappa shape index (κ3) is 3.69. The lowest BCUT2D eigenvalue weighted by Gasteiger charge is -2.15. The quantitative estimate of drug-likeness (QED) is 0.697. The van der Waals surface area contributed by atoms with Gasteiger partial charge in [-0.1, -0.05) is 41.6 Å². The van der Waals surface area contributed by atoms with Gasteiger partial charge in [-0.25, -0.2) is 0 Å². The molecule has 1 atom stereocenters. The van der Waals surface area contributed by atoms with Crippen molar-refractivity contribution in [3.8, 4) is 11.5 Å². The molecule has 1 amide bonds. The number of aromatic nitrogens is 2. The molecule has 138 valence electrons. The van der Waals surface area contributed by atoms with Crippen molar-refractivity contribution < 1.29 is 9.32 Å². The molecule has 6 heteroatoms. The molecule has 3 aromatic rings. The summed E-state index contributed by atoms with van der Waals surface area (Å²) in [4.78, 5) is 20.8. The third-order valence-electron chi connectivity index (χ3n) is 4.85. The maximum Gasteiger partial charge on any atom is 0.258 e. The van der Waals surface area contributed by atoms with Gasteiger partial charge >= 0.3 is 0 Å². The number of carbonyl (C=O) groups is 1. The lowest BCUT2D eigenvalue weighted by Crippen LogP contribution is -2.24. The van der Waals surface area contributed by atoms with E-state index in [4.69, 9.17) is 4.52 Å². The second-order valence-electron chi connectivity index (χ2n) is 7.06. The predicted molar refractivity (Wildman–Crippen MR) is 103 cm³/mol. The van der Waals surface area contributed by atoms with Gasteiger partial charge in [-0.15, -0.1) is 0 Å². The Morgan fingerprint density at radius 3 is 2.74 bits per heavy atom.